The number of hydrogen-bond donors (Lipinski definition) is 1. The van der Waals surface area contributed by atoms with Gasteiger partial charge < -0.3 is 15.3 Å². The number of nitrogens with two attached hydrogens (primary N) is 1. The van der Waals surface area contributed by atoms with E-state index in [2.05, 4.69) is 16.9 Å². The summed E-state index contributed by atoms with van der Waals surface area (Å²) in [5.74, 6) is 12.6. The van der Waals surface area contributed by atoms with Crippen molar-refractivity contribution in [2.75, 3.05) is 6.79 Å². The second-order valence-corrected chi connectivity index (χ2v) is 4.91. The van der Waals surface area contributed by atoms with Crippen LogP contribution in [0.25, 0.3) is 0 Å². The van der Waals surface area contributed by atoms with Crippen molar-refractivity contribution in [1.29, 1.82) is 0 Å². The van der Waals surface area contributed by atoms with Crippen molar-refractivity contribution in [2.24, 2.45) is 10.9 Å². The normalized spacial score (nSPS) is 12.5. The van der Waals surface area contributed by atoms with Gasteiger partial charge in [0.05, 0.1) is 10.6 Å². The minimum Gasteiger partial charge on any atom is -0.454 e. The van der Waals surface area contributed by atoms with Crippen molar-refractivity contribution >= 4 is 11.4 Å². The highest BCUT2D eigenvalue weighted by atomic mass is 16.7. The number of rotatable bonds is 3. The SMILES string of the molecule is CC#Cc1cc2c(cc1/C(=N/N)c1ccc([N+](=O)[O-])cc1)OCO2. The maximum Gasteiger partial charge on any atom is 0.269 e. The van der Waals surface area contributed by atoms with Crippen molar-refractivity contribution in [2.45, 2.75) is 6.92 Å². The smallest absolute Gasteiger partial charge is 0.269 e. The summed E-state index contributed by atoms with van der Waals surface area (Å²) in [4.78, 5) is 10.3. The third-order valence-corrected chi connectivity index (χ3v) is 3.51. The first-order valence-electron chi connectivity index (χ1n) is 7.03. The molecule has 120 valence electrons. The molecule has 1 aliphatic rings. The summed E-state index contributed by atoms with van der Waals surface area (Å²) in [6.07, 6.45) is 0. The van der Waals surface area contributed by atoms with Gasteiger partial charge in [0.25, 0.3) is 5.69 Å². The largest absolute Gasteiger partial charge is 0.454 e. The molecular formula is C17H13N3O4. The summed E-state index contributed by atoms with van der Waals surface area (Å²) < 4.78 is 10.8. The van der Waals surface area contributed by atoms with E-state index in [1.54, 1.807) is 31.2 Å². The Hall–Kier alpha value is -3.53. The quantitative estimate of drug-likeness (QED) is 0.307. The van der Waals surface area contributed by atoms with Crippen LogP contribution in [0.2, 0.25) is 0 Å². The van der Waals surface area contributed by atoms with Crippen LogP contribution in [-0.4, -0.2) is 17.4 Å². The molecule has 1 aliphatic heterocycles. The third-order valence-electron chi connectivity index (χ3n) is 3.51. The molecule has 0 aliphatic carbocycles. The Labute approximate surface area is 137 Å². The highest BCUT2D eigenvalue weighted by Gasteiger charge is 2.20. The summed E-state index contributed by atoms with van der Waals surface area (Å²) in [6.45, 7) is 1.86. The van der Waals surface area contributed by atoms with Gasteiger partial charge >= 0.3 is 0 Å². The van der Waals surface area contributed by atoms with Gasteiger partial charge in [-0.25, -0.2) is 0 Å². The van der Waals surface area contributed by atoms with Crippen molar-refractivity contribution in [3.05, 3.63) is 63.2 Å². The molecule has 7 heteroatoms. The molecule has 24 heavy (non-hydrogen) atoms. The zero-order valence-electron chi connectivity index (χ0n) is 12.8. The van der Waals surface area contributed by atoms with Crippen LogP contribution in [0.3, 0.4) is 0 Å². The van der Waals surface area contributed by atoms with Gasteiger partial charge in [0.2, 0.25) is 6.79 Å². The molecule has 3 rings (SSSR count). The number of hydrazone groups is 1. The molecule has 0 unspecified atom stereocenters. The third kappa shape index (κ3) is 2.73. The standard InChI is InChI=1S/C17H13N3O4/c1-2-3-12-8-15-16(24-10-23-15)9-14(12)17(19-18)11-4-6-13(7-5-11)20(21)22/h4-9H,10,18H2,1H3/b19-17+. The Morgan fingerprint density at radius 2 is 1.92 bits per heavy atom. The van der Waals surface area contributed by atoms with E-state index in [9.17, 15) is 10.1 Å². The van der Waals surface area contributed by atoms with E-state index in [-0.39, 0.29) is 12.5 Å². The fraction of sp³-hybridized carbons (Fsp3) is 0.118. The van der Waals surface area contributed by atoms with Gasteiger partial charge in [0, 0.05) is 34.9 Å². The van der Waals surface area contributed by atoms with E-state index in [1.807, 2.05) is 0 Å². The molecule has 0 amide bonds. The molecule has 0 atom stereocenters. The number of nitrogens with zero attached hydrogens (tertiary/aromatic N) is 2. The minimum atomic E-state index is -0.461. The van der Waals surface area contributed by atoms with E-state index in [1.165, 1.54) is 12.1 Å². The van der Waals surface area contributed by atoms with Gasteiger partial charge in [-0.1, -0.05) is 5.92 Å². The second kappa shape index (κ2) is 6.30. The Morgan fingerprint density at radius 1 is 1.25 bits per heavy atom. The van der Waals surface area contributed by atoms with Crippen molar-refractivity contribution in [3.63, 3.8) is 0 Å². The maximum atomic E-state index is 10.8. The highest BCUT2D eigenvalue weighted by molar-refractivity contribution is 6.14. The molecule has 0 fully saturated rings. The van der Waals surface area contributed by atoms with E-state index in [4.69, 9.17) is 15.3 Å². The predicted octanol–water partition coefficient (Wildman–Crippen LogP) is 2.41. The molecule has 2 N–H and O–H groups in total. The van der Waals surface area contributed by atoms with Crippen LogP contribution in [0, 0.1) is 22.0 Å². The van der Waals surface area contributed by atoms with E-state index >= 15 is 0 Å². The summed E-state index contributed by atoms with van der Waals surface area (Å²) in [6, 6.07) is 9.52. The molecule has 0 saturated carbocycles. The van der Waals surface area contributed by atoms with Crippen LogP contribution < -0.4 is 15.3 Å². The average molecular weight is 323 g/mol. The molecule has 2 aromatic rings. The molecule has 0 saturated heterocycles. The zero-order chi connectivity index (χ0) is 17.1. The van der Waals surface area contributed by atoms with Gasteiger partial charge in [-0.2, -0.15) is 5.10 Å². The number of benzene rings is 2. The Balaban J connectivity index is 2.10. The molecule has 0 spiro atoms. The summed E-state index contributed by atoms with van der Waals surface area (Å²) in [5, 5.41) is 14.6. The van der Waals surface area contributed by atoms with E-state index in [0.29, 0.717) is 33.9 Å². The number of hydrogen-bond acceptors (Lipinski definition) is 6. The first-order chi connectivity index (χ1) is 11.6. The lowest BCUT2D eigenvalue weighted by atomic mass is 9.96. The van der Waals surface area contributed by atoms with Crippen LogP contribution >= 0.6 is 0 Å². The van der Waals surface area contributed by atoms with Gasteiger partial charge in [-0.15, -0.1) is 5.92 Å². The van der Waals surface area contributed by atoms with Gasteiger partial charge in [0.1, 0.15) is 0 Å². The molecule has 7 nitrogen and oxygen atoms in total. The van der Waals surface area contributed by atoms with E-state index < -0.39 is 4.92 Å². The molecule has 2 aromatic carbocycles. The number of ether oxygens (including phenoxy) is 2. The molecular weight excluding hydrogens is 310 g/mol. The number of nitro groups is 1. The second-order valence-electron chi connectivity index (χ2n) is 4.91. The fourth-order valence-corrected chi connectivity index (χ4v) is 2.42. The van der Waals surface area contributed by atoms with Crippen LogP contribution in [-0.2, 0) is 0 Å². The summed E-state index contributed by atoms with van der Waals surface area (Å²) in [5.41, 5.74) is 2.45. The average Bonchev–Trinajstić information content (AvgIpc) is 3.03. The van der Waals surface area contributed by atoms with Gasteiger partial charge in [0.15, 0.2) is 11.5 Å². The Morgan fingerprint density at radius 3 is 2.50 bits per heavy atom. The summed E-state index contributed by atoms with van der Waals surface area (Å²) >= 11 is 0. The Bertz CT molecular complexity index is 893. The van der Waals surface area contributed by atoms with E-state index in [0.717, 1.165) is 0 Å². The lowest BCUT2D eigenvalue weighted by Crippen LogP contribution is -2.09. The lowest BCUT2D eigenvalue weighted by molar-refractivity contribution is -0.384. The molecule has 0 radical (unpaired) electrons. The lowest BCUT2D eigenvalue weighted by Gasteiger charge is -2.10. The zero-order valence-corrected chi connectivity index (χ0v) is 12.8. The van der Waals surface area contributed by atoms with Gasteiger partial charge in [-0.3, -0.25) is 10.1 Å². The van der Waals surface area contributed by atoms with Crippen LogP contribution in [0.4, 0.5) is 5.69 Å². The first-order valence-corrected chi connectivity index (χ1v) is 7.03. The molecule has 0 bridgehead atoms. The first kappa shape index (κ1) is 15.4. The van der Waals surface area contributed by atoms with Gasteiger partial charge in [-0.05, 0) is 25.1 Å². The maximum absolute atomic E-state index is 10.8. The molecule has 0 aromatic heterocycles. The summed E-state index contributed by atoms with van der Waals surface area (Å²) in [7, 11) is 0. The molecule has 1 heterocycles. The monoisotopic (exact) mass is 323 g/mol. The van der Waals surface area contributed by atoms with Crippen LogP contribution in [0.1, 0.15) is 23.6 Å². The number of fused-ring (bicyclic) bond motifs is 1. The van der Waals surface area contributed by atoms with Crippen molar-refractivity contribution in [3.8, 4) is 23.3 Å². The number of non-ortho nitro benzene ring substituents is 1. The van der Waals surface area contributed by atoms with Crippen molar-refractivity contribution in [1.82, 2.24) is 0 Å². The predicted molar refractivity (Wildman–Crippen MR) is 88.0 cm³/mol. The topological polar surface area (TPSA) is 100.0 Å². The highest BCUT2D eigenvalue weighted by Crippen LogP contribution is 2.35. The van der Waals surface area contributed by atoms with Crippen molar-refractivity contribution < 1.29 is 14.4 Å². The van der Waals surface area contributed by atoms with Crippen LogP contribution in [0.5, 0.6) is 11.5 Å². The fourth-order valence-electron chi connectivity index (χ4n) is 2.42. The number of nitro benzene ring substituents is 1. The Kier molecular flexibility index (Phi) is 4.03. The minimum absolute atomic E-state index is 0.00520. The van der Waals surface area contributed by atoms with Crippen LogP contribution in [0.15, 0.2) is 41.5 Å².